The first-order valence-electron chi connectivity index (χ1n) is 9.29. The molecule has 27 heavy (non-hydrogen) atoms. The molecule has 1 saturated heterocycles. The highest BCUT2D eigenvalue weighted by atomic mass is 32.2. The van der Waals surface area contributed by atoms with Crippen molar-refractivity contribution in [3.63, 3.8) is 0 Å². The average molecular weight is 388 g/mol. The maximum atomic E-state index is 13.2. The van der Waals surface area contributed by atoms with Gasteiger partial charge in [-0.2, -0.15) is 0 Å². The lowest BCUT2D eigenvalue weighted by Crippen LogP contribution is -2.42. The molecule has 0 spiro atoms. The zero-order valence-corrected chi connectivity index (χ0v) is 16.4. The largest absolute Gasteiger partial charge is 0.384 e. The summed E-state index contributed by atoms with van der Waals surface area (Å²) in [4.78, 5) is 10.4. The summed E-state index contributed by atoms with van der Waals surface area (Å²) in [5, 5.41) is 3.20. The quantitative estimate of drug-likeness (QED) is 0.735. The van der Waals surface area contributed by atoms with Crippen molar-refractivity contribution >= 4 is 27.2 Å². The number of nitrogens with zero attached hydrogens (tertiary/aromatic N) is 2. The van der Waals surface area contributed by atoms with Gasteiger partial charge >= 0.3 is 0 Å². The molecule has 8 heteroatoms. The second kappa shape index (κ2) is 6.60. The van der Waals surface area contributed by atoms with Gasteiger partial charge in [0, 0.05) is 13.1 Å². The summed E-state index contributed by atoms with van der Waals surface area (Å²) in [6.45, 7) is 5.96. The lowest BCUT2D eigenvalue weighted by molar-refractivity contribution is 0.272. The van der Waals surface area contributed by atoms with Crippen LogP contribution in [-0.2, 0) is 9.84 Å². The van der Waals surface area contributed by atoms with Crippen LogP contribution in [0, 0.1) is 5.92 Å². The molecule has 0 radical (unpaired) electrons. The number of nitrogen functional groups attached to an aromatic ring is 1. The molecule has 0 amide bonds. The Bertz CT molecular complexity index is 981. The number of likely N-dealkylation sites (tertiary alicyclic amines) is 1. The molecular formula is C19H25N5O2S. The summed E-state index contributed by atoms with van der Waals surface area (Å²) in [5.74, 6) is 1.52. The number of piperidine rings is 1. The van der Waals surface area contributed by atoms with Crippen LogP contribution in [0.4, 0.5) is 11.5 Å². The number of H-pyrrole nitrogens is 1. The van der Waals surface area contributed by atoms with Gasteiger partial charge in [0.2, 0.25) is 9.84 Å². The molecule has 1 aromatic carbocycles. The standard InChI is InChI=1S/C19H25N5O2S/c1-12-7-6-10-24(11-12)19-16-15(21-13(2)22-19)17(18(20)23-16)27(25,26)14-8-4-3-5-9-14/h3-5,8-9,12-13,21,23H,6-7,10-11,20H2,1-2H3. The van der Waals surface area contributed by atoms with Crippen LogP contribution in [0.1, 0.15) is 32.4 Å². The molecule has 0 saturated carbocycles. The molecule has 2 unspecified atom stereocenters. The molecule has 2 aliphatic rings. The Balaban J connectivity index is 1.82. The number of aromatic nitrogens is 1. The first kappa shape index (κ1) is 17.9. The Kier molecular flexibility index (Phi) is 4.38. The molecule has 1 aromatic heterocycles. The van der Waals surface area contributed by atoms with Gasteiger partial charge in [-0.05, 0) is 37.8 Å². The summed E-state index contributed by atoms with van der Waals surface area (Å²) < 4.78 is 26.5. The van der Waals surface area contributed by atoms with Gasteiger partial charge in [0.1, 0.15) is 22.6 Å². The predicted molar refractivity (Wildman–Crippen MR) is 107 cm³/mol. The van der Waals surface area contributed by atoms with Gasteiger partial charge in [-0.15, -0.1) is 0 Å². The van der Waals surface area contributed by atoms with E-state index in [0.29, 0.717) is 17.3 Å². The number of nitrogens with two attached hydrogens (primary N) is 1. The van der Waals surface area contributed by atoms with E-state index in [9.17, 15) is 8.42 Å². The first-order chi connectivity index (χ1) is 12.9. The van der Waals surface area contributed by atoms with E-state index in [1.54, 1.807) is 30.3 Å². The molecule has 0 aliphatic carbocycles. The number of fused-ring (bicyclic) bond motifs is 1. The second-order valence-electron chi connectivity index (χ2n) is 7.40. The number of sulfone groups is 1. The van der Waals surface area contributed by atoms with Crippen molar-refractivity contribution in [3.05, 3.63) is 36.0 Å². The highest BCUT2D eigenvalue weighted by Crippen LogP contribution is 2.38. The predicted octanol–water partition coefficient (Wildman–Crippen LogP) is 2.68. The highest BCUT2D eigenvalue weighted by Gasteiger charge is 2.35. The number of rotatable bonds is 2. The number of hydrogen-bond acceptors (Lipinski definition) is 6. The molecule has 2 aromatic rings. The average Bonchev–Trinajstić information content (AvgIpc) is 2.98. The van der Waals surface area contributed by atoms with Crippen LogP contribution in [-0.4, -0.2) is 43.4 Å². The normalized spacial score (nSPS) is 22.7. The minimum absolute atomic E-state index is 0.105. The van der Waals surface area contributed by atoms with Crippen LogP contribution >= 0.6 is 0 Å². The summed E-state index contributed by atoms with van der Waals surface area (Å²) in [6.07, 6.45) is 2.07. The van der Waals surface area contributed by atoms with Crippen LogP contribution in [0.2, 0.25) is 0 Å². The maximum absolute atomic E-state index is 13.2. The van der Waals surface area contributed by atoms with E-state index in [1.165, 1.54) is 6.42 Å². The molecular weight excluding hydrogens is 362 g/mol. The summed E-state index contributed by atoms with van der Waals surface area (Å²) in [6, 6.07) is 8.38. The van der Waals surface area contributed by atoms with E-state index in [4.69, 9.17) is 10.7 Å². The van der Waals surface area contributed by atoms with Crippen LogP contribution < -0.4 is 11.1 Å². The van der Waals surface area contributed by atoms with Crippen molar-refractivity contribution in [1.82, 2.24) is 9.88 Å². The maximum Gasteiger partial charge on any atom is 0.212 e. The number of benzene rings is 1. The Morgan fingerprint density at radius 1 is 1.22 bits per heavy atom. The first-order valence-corrected chi connectivity index (χ1v) is 10.8. The topological polar surface area (TPSA) is 104 Å². The Labute approximate surface area is 159 Å². The zero-order chi connectivity index (χ0) is 19.2. The van der Waals surface area contributed by atoms with Gasteiger partial charge < -0.3 is 20.9 Å². The van der Waals surface area contributed by atoms with Gasteiger partial charge in [0.25, 0.3) is 0 Å². The third kappa shape index (κ3) is 3.07. The van der Waals surface area contributed by atoms with Crippen molar-refractivity contribution in [2.24, 2.45) is 10.9 Å². The van der Waals surface area contributed by atoms with Crippen molar-refractivity contribution in [3.8, 4) is 0 Å². The molecule has 7 nitrogen and oxygen atoms in total. The van der Waals surface area contributed by atoms with E-state index in [1.807, 2.05) is 6.92 Å². The van der Waals surface area contributed by atoms with Crippen molar-refractivity contribution < 1.29 is 8.42 Å². The van der Waals surface area contributed by atoms with Crippen LogP contribution in [0.5, 0.6) is 0 Å². The van der Waals surface area contributed by atoms with Crippen molar-refractivity contribution in [2.45, 2.75) is 42.6 Å². The fourth-order valence-corrected chi connectivity index (χ4v) is 5.44. The number of aliphatic imine (C=N–C) groups is 1. The minimum atomic E-state index is -3.75. The Morgan fingerprint density at radius 2 is 1.96 bits per heavy atom. The van der Waals surface area contributed by atoms with Crippen LogP contribution in [0.25, 0.3) is 0 Å². The van der Waals surface area contributed by atoms with Gasteiger partial charge in [0.05, 0.1) is 10.6 Å². The van der Waals surface area contributed by atoms with Crippen molar-refractivity contribution in [1.29, 1.82) is 0 Å². The summed E-state index contributed by atoms with van der Waals surface area (Å²) in [5.41, 5.74) is 7.34. The van der Waals surface area contributed by atoms with E-state index in [2.05, 4.69) is 22.1 Å². The van der Waals surface area contributed by atoms with E-state index < -0.39 is 9.84 Å². The number of amidine groups is 1. The molecule has 2 atom stereocenters. The summed E-state index contributed by atoms with van der Waals surface area (Å²) >= 11 is 0. The van der Waals surface area contributed by atoms with Crippen molar-refractivity contribution in [2.75, 3.05) is 24.1 Å². The minimum Gasteiger partial charge on any atom is -0.384 e. The summed E-state index contributed by atoms with van der Waals surface area (Å²) in [7, 11) is -3.75. The number of anilines is 2. The highest BCUT2D eigenvalue weighted by molar-refractivity contribution is 7.91. The number of hydrogen-bond donors (Lipinski definition) is 3. The van der Waals surface area contributed by atoms with E-state index in [0.717, 1.165) is 25.3 Å². The SMILES string of the molecule is CC1CCCN(C2=NC(C)Nc3c2[nH]c(N)c3S(=O)(=O)c2ccccc2)C1. The van der Waals surface area contributed by atoms with Gasteiger partial charge in [0.15, 0.2) is 5.84 Å². The Morgan fingerprint density at radius 3 is 2.67 bits per heavy atom. The smallest absolute Gasteiger partial charge is 0.212 e. The third-order valence-corrected chi connectivity index (χ3v) is 7.01. The molecule has 144 valence electrons. The molecule has 2 aliphatic heterocycles. The lowest BCUT2D eigenvalue weighted by Gasteiger charge is -2.35. The molecule has 4 N–H and O–H groups in total. The number of nitrogens with one attached hydrogen (secondary N) is 2. The van der Waals surface area contributed by atoms with E-state index in [-0.39, 0.29) is 21.8 Å². The second-order valence-corrected chi connectivity index (χ2v) is 9.29. The third-order valence-electron chi connectivity index (χ3n) is 5.15. The fraction of sp³-hybridized carbons (Fsp3) is 0.421. The lowest BCUT2D eigenvalue weighted by atomic mass is 10.00. The monoisotopic (exact) mass is 387 g/mol. The molecule has 0 bridgehead atoms. The van der Waals surface area contributed by atoms with Gasteiger partial charge in [-0.25, -0.2) is 13.4 Å². The zero-order valence-electron chi connectivity index (χ0n) is 15.6. The Hall–Kier alpha value is -2.48. The molecule has 4 rings (SSSR count). The number of aromatic amines is 1. The van der Waals surface area contributed by atoms with Gasteiger partial charge in [-0.3, -0.25) is 0 Å². The molecule has 1 fully saturated rings. The fourth-order valence-electron chi connectivity index (χ4n) is 3.91. The van der Waals surface area contributed by atoms with Crippen LogP contribution in [0.3, 0.4) is 0 Å². The van der Waals surface area contributed by atoms with Gasteiger partial charge in [-0.1, -0.05) is 25.1 Å². The molecule has 3 heterocycles. The van der Waals surface area contributed by atoms with E-state index >= 15 is 0 Å². The van der Waals surface area contributed by atoms with Crippen LogP contribution in [0.15, 0.2) is 45.1 Å².